The molecule has 0 atom stereocenters. The van der Waals surface area contributed by atoms with Crippen molar-refractivity contribution >= 4 is 11.6 Å². The lowest BCUT2D eigenvalue weighted by Crippen LogP contribution is -2.31. The van der Waals surface area contributed by atoms with Crippen molar-refractivity contribution in [1.82, 2.24) is 9.88 Å². The molecule has 0 spiro atoms. The maximum Gasteiger partial charge on any atom is 0.255 e. The first-order valence-electron chi connectivity index (χ1n) is 4.77. The third-order valence-electron chi connectivity index (χ3n) is 2.09. The van der Waals surface area contributed by atoms with Gasteiger partial charge in [0, 0.05) is 39.6 Å². The molecule has 0 aromatic carbocycles. The van der Waals surface area contributed by atoms with Crippen molar-refractivity contribution in [3.63, 3.8) is 0 Å². The van der Waals surface area contributed by atoms with Crippen LogP contribution in [-0.2, 0) is 0 Å². The Balaban J connectivity index is 2.81. The number of likely N-dealkylation sites (N-methyl/N-ethyl adjacent to an activating group) is 1. The standard InChI is InChI=1S/C10H16N4O/c1-12-9-5-8(6-13-7-9)10(15)14(2)4-3-11/h5-7,12H,3-4,11H2,1-2H3. The molecular formula is C10H16N4O. The molecule has 1 amide bonds. The zero-order valence-electron chi connectivity index (χ0n) is 9.03. The summed E-state index contributed by atoms with van der Waals surface area (Å²) >= 11 is 0. The fourth-order valence-electron chi connectivity index (χ4n) is 1.21. The monoisotopic (exact) mass is 208 g/mol. The average molecular weight is 208 g/mol. The Kier molecular flexibility index (Phi) is 4.05. The van der Waals surface area contributed by atoms with Gasteiger partial charge in [-0.3, -0.25) is 9.78 Å². The molecule has 1 rings (SSSR count). The summed E-state index contributed by atoms with van der Waals surface area (Å²) in [6.07, 6.45) is 3.22. The van der Waals surface area contributed by atoms with E-state index in [2.05, 4.69) is 10.3 Å². The van der Waals surface area contributed by atoms with Gasteiger partial charge in [-0.05, 0) is 6.07 Å². The molecule has 0 aliphatic carbocycles. The average Bonchev–Trinajstić information content (AvgIpc) is 2.28. The van der Waals surface area contributed by atoms with E-state index in [1.807, 2.05) is 0 Å². The normalized spacial score (nSPS) is 9.80. The number of rotatable bonds is 4. The van der Waals surface area contributed by atoms with E-state index in [0.717, 1.165) is 5.69 Å². The van der Waals surface area contributed by atoms with Crippen LogP contribution in [0.3, 0.4) is 0 Å². The smallest absolute Gasteiger partial charge is 0.255 e. The molecule has 1 aromatic heterocycles. The molecule has 0 radical (unpaired) electrons. The molecule has 5 nitrogen and oxygen atoms in total. The molecule has 0 bridgehead atoms. The molecule has 0 aliphatic rings. The van der Waals surface area contributed by atoms with Gasteiger partial charge in [-0.2, -0.15) is 0 Å². The maximum atomic E-state index is 11.8. The molecule has 0 aliphatic heterocycles. The van der Waals surface area contributed by atoms with Gasteiger partial charge < -0.3 is 16.0 Å². The second kappa shape index (κ2) is 5.31. The molecule has 0 saturated heterocycles. The highest BCUT2D eigenvalue weighted by Gasteiger charge is 2.11. The van der Waals surface area contributed by atoms with Crippen molar-refractivity contribution < 1.29 is 4.79 Å². The summed E-state index contributed by atoms with van der Waals surface area (Å²) in [4.78, 5) is 17.4. The Morgan fingerprint density at radius 2 is 2.33 bits per heavy atom. The molecule has 3 N–H and O–H groups in total. The highest BCUT2D eigenvalue weighted by atomic mass is 16.2. The minimum Gasteiger partial charge on any atom is -0.387 e. The maximum absolute atomic E-state index is 11.8. The number of aromatic nitrogens is 1. The van der Waals surface area contributed by atoms with Gasteiger partial charge in [0.2, 0.25) is 0 Å². The number of hydrogen-bond donors (Lipinski definition) is 2. The summed E-state index contributed by atoms with van der Waals surface area (Å²) in [6, 6.07) is 1.77. The van der Waals surface area contributed by atoms with Crippen molar-refractivity contribution in [2.24, 2.45) is 5.73 Å². The zero-order valence-corrected chi connectivity index (χ0v) is 9.03. The minimum atomic E-state index is -0.0648. The summed E-state index contributed by atoms with van der Waals surface area (Å²) < 4.78 is 0. The van der Waals surface area contributed by atoms with Crippen molar-refractivity contribution in [1.29, 1.82) is 0 Å². The molecular weight excluding hydrogens is 192 g/mol. The molecule has 1 heterocycles. The van der Waals surface area contributed by atoms with Crippen LogP contribution in [0.5, 0.6) is 0 Å². The van der Waals surface area contributed by atoms with Gasteiger partial charge in [0.15, 0.2) is 0 Å². The van der Waals surface area contributed by atoms with Crippen LogP contribution in [0.15, 0.2) is 18.5 Å². The van der Waals surface area contributed by atoms with Crippen LogP contribution in [0.25, 0.3) is 0 Å². The van der Waals surface area contributed by atoms with E-state index >= 15 is 0 Å². The largest absolute Gasteiger partial charge is 0.387 e. The van der Waals surface area contributed by atoms with Gasteiger partial charge in [0.05, 0.1) is 11.3 Å². The third kappa shape index (κ3) is 2.92. The van der Waals surface area contributed by atoms with Crippen molar-refractivity contribution in [3.05, 3.63) is 24.0 Å². The predicted molar refractivity (Wildman–Crippen MR) is 59.8 cm³/mol. The van der Waals surface area contributed by atoms with Crippen LogP contribution < -0.4 is 11.1 Å². The summed E-state index contributed by atoms with van der Waals surface area (Å²) in [5, 5.41) is 2.94. The van der Waals surface area contributed by atoms with Crippen LogP contribution >= 0.6 is 0 Å². The number of carbonyl (C=O) groups excluding carboxylic acids is 1. The predicted octanol–water partition coefficient (Wildman–Crippen LogP) is 0.154. The van der Waals surface area contributed by atoms with Gasteiger partial charge in [0.1, 0.15) is 0 Å². The minimum absolute atomic E-state index is 0.0648. The fourth-order valence-corrected chi connectivity index (χ4v) is 1.21. The number of anilines is 1. The second-order valence-corrected chi connectivity index (χ2v) is 3.23. The number of hydrogen-bond acceptors (Lipinski definition) is 4. The van der Waals surface area contributed by atoms with E-state index in [4.69, 9.17) is 5.73 Å². The number of amides is 1. The number of pyridine rings is 1. The van der Waals surface area contributed by atoms with E-state index in [1.165, 1.54) is 0 Å². The van der Waals surface area contributed by atoms with E-state index in [0.29, 0.717) is 18.7 Å². The van der Waals surface area contributed by atoms with E-state index in [9.17, 15) is 4.79 Å². The van der Waals surface area contributed by atoms with E-state index in [-0.39, 0.29) is 5.91 Å². The second-order valence-electron chi connectivity index (χ2n) is 3.23. The van der Waals surface area contributed by atoms with Crippen molar-refractivity contribution in [3.8, 4) is 0 Å². The van der Waals surface area contributed by atoms with Gasteiger partial charge in [-0.1, -0.05) is 0 Å². The molecule has 0 saturated carbocycles. The summed E-state index contributed by atoms with van der Waals surface area (Å²) in [5.41, 5.74) is 6.77. The molecule has 0 unspecified atom stereocenters. The Bertz CT molecular complexity index is 340. The number of nitrogens with zero attached hydrogens (tertiary/aromatic N) is 2. The summed E-state index contributed by atoms with van der Waals surface area (Å²) in [5.74, 6) is -0.0648. The van der Waals surface area contributed by atoms with Gasteiger partial charge in [-0.25, -0.2) is 0 Å². The molecule has 0 fully saturated rings. The SMILES string of the molecule is CNc1cncc(C(=O)N(C)CCN)c1. The third-order valence-corrected chi connectivity index (χ3v) is 2.09. The lowest BCUT2D eigenvalue weighted by molar-refractivity contribution is 0.0798. The molecule has 5 heteroatoms. The molecule has 1 aromatic rings. The summed E-state index contributed by atoms with van der Waals surface area (Å²) in [6.45, 7) is 1.00. The quantitative estimate of drug-likeness (QED) is 0.739. The zero-order chi connectivity index (χ0) is 11.3. The van der Waals surface area contributed by atoms with E-state index < -0.39 is 0 Å². The Morgan fingerprint density at radius 3 is 2.93 bits per heavy atom. The highest BCUT2D eigenvalue weighted by Crippen LogP contribution is 2.08. The molecule has 15 heavy (non-hydrogen) atoms. The van der Waals surface area contributed by atoms with Crippen LogP contribution in [0.1, 0.15) is 10.4 Å². The van der Waals surface area contributed by atoms with Gasteiger partial charge >= 0.3 is 0 Å². The van der Waals surface area contributed by atoms with Crippen LogP contribution in [0.2, 0.25) is 0 Å². The number of nitrogens with one attached hydrogen (secondary N) is 1. The first-order valence-corrected chi connectivity index (χ1v) is 4.77. The Morgan fingerprint density at radius 1 is 1.60 bits per heavy atom. The van der Waals surface area contributed by atoms with Crippen LogP contribution in [0, 0.1) is 0 Å². The van der Waals surface area contributed by atoms with Crippen molar-refractivity contribution in [2.75, 3.05) is 32.5 Å². The lowest BCUT2D eigenvalue weighted by Gasteiger charge is -2.15. The van der Waals surface area contributed by atoms with Gasteiger partial charge in [-0.15, -0.1) is 0 Å². The Labute approximate surface area is 89.3 Å². The summed E-state index contributed by atoms with van der Waals surface area (Å²) in [7, 11) is 3.51. The van der Waals surface area contributed by atoms with Gasteiger partial charge in [0.25, 0.3) is 5.91 Å². The molecule has 82 valence electrons. The topological polar surface area (TPSA) is 71.2 Å². The number of carbonyl (C=O) groups is 1. The van der Waals surface area contributed by atoms with Crippen LogP contribution in [-0.4, -0.2) is 43.0 Å². The van der Waals surface area contributed by atoms with Crippen LogP contribution in [0.4, 0.5) is 5.69 Å². The lowest BCUT2D eigenvalue weighted by atomic mass is 10.2. The first-order chi connectivity index (χ1) is 7.19. The van der Waals surface area contributed by atoms with Crippen molar-refractivity contribution in [2.45, 2.75) is 0 Å². The van der Waals surface area contributed by atoms with E-state index in [1.54, 1.807) is 37.5 Å². The Hall–Kier alpha value is -1.62. The highest BCUT2D eigenvalue weighted by molar-refractivity contribution is 5.94. The first kappa shape index (κ1) is 11.5. The fraction of sp³-hybridized carbons (Fsp3) is 0.400. The number of nitrogens with two attached hydrogens (primary N) is 1.